The Morgan fingerprint density at radius 3 is 2.85 bits per heavy atom. The first-order chi connectivity index (χ1) is 9.54. The monoisotopic (exact) mass is 301 g/mol. The molecule has 0 bridgehead atoms. The van der Waals surface area contributed by atoms with Crippen LogP contribution in [0.3, 0.4) is 0 Å². The number of alkyl halides is 2. The van der Waals surface area contributed by atoms with E-state index in [1.54, 1.807) is 23.1 Å². The Balaban J connectivity index is 2.25. The quantitative estimate of drug-likeness (QED) is 0.869. The van der Waals surface area contributed by atoms with Gasteiger partial charge >= 0.3 is 0 Å². The van der Waals surface area contributed by atoms with Crippen LogP contribution in [0.4, 0.5) is 8.78 Å². The average Bonchev–Trinajstić information content (AvgIpc) is 2.79. The van der Waals surface area contributed by atoms with Gasteiger partial charge in [-0.2, -0.15) is 8.78 Å². The number of halogens is 2. The van der Waals surface area contributed by atoms with Crippen molar-refractivity contribution in [2.75, 3.05) is 13.2 Å². The molecule has 1 amide bonds. The van der Waals surface area contributed by atoms with Crippen molar-refractivity contribution in [1.29, 1.82) is 0 Å². The fourth-order valence-electron chi connectivity index (χ4n) is 2.54. The first-order valence-corrected chi connectivity index (χ1v) is 7.38. The second-order valence-electron chi connectivity index (χ2n) is 4.89. The zero-order valence-electron chi connectivity index (χ0n) is 11.1. The van der Waals surface area contributed by atoms with Gasteiger partial charge < -0.3 is 10.0 Å². The third-order valence-electron chi connectivity index (χ3n) is 3.66. The van der Waals surface area contributed by atoms with Crippen molar-refractivity contribution in [3.63, 3.8) is 0 Å². The Hall–Kier alpha value is -1.14. The molecular weight excluding hydrogens is 284 g/mol. The highest BCUT2D eigenvalue weighted by Crippen LogP contribution is 2.31. The summed E-state index contributed by atoms with van der Waals surface area (Å²) >= 11 is 0.378. The standard InChI is InChI=1S/C14H17F2NO2S/c1-9-6-7-17(11(9)8-18)13(19)10-4-2-3-5-12(10)20-14(15)16/h2-5,9,11,14,18H,6-8H2,1H3. The van der Waals surface area contributed by atoms with E-state index in [1.165, 1.54) is 6.07 Å². The first kappa shape index (κ1) is 15.3. The lowest BCUT2D eigenvalue weighted by Crippen LogP contribution is -2.40. The molecule has 2 unspecified atom stereocenters. The van der Waals surface area contributed by atoms with Gasteiger partial charge in [0.25, 0.3) is 11.7 Å². The second-order valence-corrected chi connectivity index (χ2v) is 5.92. The Bertz CT molecular complexity index is 484. The Morgan fingerprint density at radius 1 is 1.50 bits per heavy atom. The first-order valence-electron chi connectivity index (χ1n) is 6.50. The molecule has 1 aromatic rings. The predicted molar refractivity (Wildman–Crippen MR) is 74.0 cm³/mol. The number of aliphatic hydroxyl groups excluding tert-OH is 1. The maximum Gasteiger partial charge on any atom is 0.288 e. The molecule has 0 aliphatic carbocycles. The molecule has 1 N–H and O–H groups in total. The van der Waals surface area contributed by atoms with Crippen molar-refractivity contribution >= 4 is 17.7 Å². The molecule has 3 nitrogen and oxygen atoms in total. The molecule has 1 aliphatic heterocycles. The topological polar surface area (TPSA) is 40.5 Å². The number of rotatable bonds is 4. The smallest absolute Gasteiger partial charge is 0.288 e. The van der Waals surface area contributed by atoms with E-state index in [2.05, 4.69) is 0 Å². The molecule has 0 spiro atoms. The van der Waals surface area contributed by atoms with E-state index in [4.69, 9.17) is 0 Å². The predicted octanol–water partition coefficient (Wildman–Crippen LogP) is 2.84. The van der Waals surface area contributed by atoms with Crippen LogP contribution in [-0.4, -0.2) is 40.9 Å². The van der Waals surface area contributed by atoms with Crippen LogP contribution in [0.2, 0.25) is 0 Å². The normalized spacial score (nSPS) is 22.6. The molecule has 0 radical (unpaired) electrons. The number of thioether (sulfide) groups is 1. The molecule has 20 heavy (non-hydrogen) atoms. The maximum atomic E-state index is 12.5. The fourth-order valence-corrected chi connectivity index (χ4v) is 3.17. The van der Waals surface area contributed by atoms with Crippen molar-refractivity contribution in [3.8, 4) is 0 Å². The molecule has 110 valence electrons. The van der Waals surface area contributed by atoms with Crippen molar-refractivity contribution < 1.29 is 18.7 Å². The lowest BCUT2D eigenvalue weighted by molar-refractivity contribution is 0.0644. The van der Waals surface area contributed by atoms with Gasteiger partial charge in [-0.15, -0.1) is 0 Å². The second kappa shape index (κ2) is 6.54. The summed E-state index contributed by atoms with van der Waals surface area (Å²) in [7, 11) is 0. The molecule has 0 aromatic heterocycles. The largest absolute Gasteiger partial charge is 0.394 e. The van der Waals surface area contributed by atoms with E-state index < -0.39 is 5.76 Å². The number of benzene rings is 1. The van der Waals surface area contributed by atoms with E-state index in [0.29, 0.717) is 18.3 Å². The fraction of sp³-hybridized carbons (Fsp3) is 0.500. The molecular formula is C14H17F2NO2S. The van der Waals surface area contributed by atoms with Crippen molar-refractivity contribution in [1.82, 2.24) is 4.90 Å². The van der Waals surface area contributed by atoms with E-state index in [1.807, 2.05) is 6.92 Å². The summed E-state index contributed by atoms with van der Waals surface area (Å²) in [5.41, 5.74) is 0.283. The molecule has 1 aromatic carbocycles. The molecule has 0 saturated carbocycles. The lowest BCUT2D eigenvalue weighted by atomic mass is 10.0. The third-order valence-corrected chi connectivity index (χ3v) is 4.45. The van der Waals surface area contributed by atoms with Gasteiger partial charge in [0, 0.05) is 11.4 Å². The minimum Gasteiger partial charge on any atom is -0.394 e. The van der Waals surface area contributed by atoms with Crippen LogP contribution >= 0.6 is 11.8 Å². The van der Waals surface area contributed by atoms with Gasteiger partial charge in [0.1, 0.15) is 0 Å². The van der Waals surface area contributed by atoms with Crippen LogP contribution in [0.25, 0.3) is 0 Å². The molecule has 1 fully saturated rings. The molecule has 6 heteroatoms. The summed E-state index contributed by atoms with van der Waals surface area (Å²) < 4.78 is 25.1. The number of nitrogens with zero attached hydrogens (tertiary/aromatic N) is 1. The molecule has 2 atom stereocenters. The number of hydrogen-bond acceptors (Lipinski definition) is 3. The van der Waals surface area contributed by atoms with Gasteiger partial charge in [-0.3, -0.25) is 4.79 Å². The van der Waals surface area contributed by atoms with Crippen LogP contribution in [-0.2, 0) is 0 Å². The summed E-state index contributed by atoms with van der Waals surface area (Å²) in [6.45, 7) is 2.43. The number of aliphatic hydroxyl groups is 1. The maximum absolute atomic E-state index is 12.5. The summed E-state index contributed by atoms with van der Waals surface area (Å²) in [5.74, 6) is -2.62. The molecule has 1 saturated heterocycles. The number of likely N-dealkylation sites (tertiary alicyclic amines) is 1. The van der Waals surface area contributed by atoms with Crippen molar-refractivity contribution in [2.24, 2.45) is 5.92 Å². The van der Waals surface area contributed by atoms with Crippen LogP contribution < -0.4 is 0 Å². The minimum absolute atomic E-state index is 0.100. The Morgan fingerprint density at radius 2 is 2.20 bits per heavy atom. The van der Waals surface area contributed by atoms with Crippen LogP contribution in [0.15, 0.2) is 29.2 Å². The number of hydrogen-bond donors (Lipinski definition) is 1. The number of amides is 1. The van der Waals surface area contributed by atoms with Crippen molar-refractivity contribution in [3.05, 3.63) is 29.8 Å². The van der Waals surface area contributed by atoms with Gasteiger partial charge in [0.2, 0.25) is 0 Å². The zero-order valence-corrected chi connectivity index (χ0v) is 11.9. The van der Waals surface area contributed by atoms with Gasteiger partial charge in [0.05, 0.1) is 18.2 Å². The summed E-state index contributed by atoms with van der Waals surface area (Å²) in [6.07, 6.45) is 0.821. The Kier molecular flexibility index (Phi) is 4.99. The highest BCUT2D eigenvalue weighted by molar-refractivity contribution is 7.99. The minimum atomic E-state index is -2.56. The van der Waals surface area contributed by atoms with Gasteiger partial charge in [-0.1, -0.05) is 30.8 Å². The van der Waals surface area contributed by atoms with E-state index >= 15 is 0 Å². The third kappa shape index (κ3) is 3.12. The zero-order chi connectivity index (χ0) is 14.7. The van der Waals surface area contributed by atoms with Gasteiger partial charge in [-0.25, -0.2) is 0 Å². The van der Waals surface area contributed by atoms with Crippen molar-refractivity contribution in [2.45, 2.75) is 30.0 Å². The summed E-state index contributed by atoms with van der Waals surface area (Å²) in [5, 5.41) is 9.40. The van der Waals surface area contributed by atoms with E-state index in [9.17, 15) is 18.7 Å². The highest BCUT2D eigenvalue weighted by Gasteiger charge is 2.35. The van der Waals surface area contributed by atoms with Crippen LogP contribution in [0, 0.1) is 5.92 Å². The Labute approximate surface area is 121 Å². The highest BCUT2D eigenvalue weighted by atomic mass is 32.2. The van der Waals surface area contributed by atoms with Crippen LogP contribution in [0.1, 0.15) is 23.7 Å². The summed E-state index contributed by atoms with van der Waals surface area (Å²) in [6, 6.07) is 6.16. The SMILES string of the molecule is CC1CCN(C(=O)c2ccccc2SC(F)F)C1CO. The lowest BCUT2D eigenvalue weighted by Gasteiger charge is -2.26. The van der Waals surface area contributed by atoms with Gasteiger partial charge in [-0.05, 0) is 24.5 Å². The van der Waals surface area contributed by atoms with E-state index in [0.717, 1.165) is 6.42 Å². The van der Waals surface area contributed by atoms with Gasteiger partial charge in [0.15, 0.2) is 0 Å². The summed E-state index contributed by atoms with van der Waals surface area (Å²) in [4.78, 5) is 14.4. The molecule has 2 rings (SSSR count). The number of carbonyl (C=O) groups is 1. The average molecular weight is 301 g/mol. The van der Waals surface area contributed by atoms with Crippen LogP contribution in [0.5, 0.6) is 0 Å². The molecule has 1 aliphatic rings. The van der Waals surface area contributed by atoms with E-state index in [-0.39, 0.29) is 34.9 Å². The molecule has 1 heterocycles. The number of carbonyl (C=O) groups excluding carboxylic acids is 1.